The molecule has 0 N–H and O–H groups in total. The monoisotopic (exact) mass is 305 g/mol. The zero-order valence-corrected chi connectivity index (χ0v) is 12.5. The van der Waals surface area contributed by atoms with Crippen LogP contribution in [0.3, 0.4) is 0 Å². The average Bonchev–Trinajstić information content (AvgIpc) is 3.24. The molecule has 0 unspecified atom stereocenters. The molecule has 0 bridgehead atoms. The van der Waals surface area contributed by atoms with E-state index in [2.05, 4.69) is 21.1 Å². The van der Waals surface area contributed by atoms with Crippen molar-refractivity contribution in [1.82, 2.24) is 19.7 Å². The minimum absolute atomic E-state index is 0.120. The van der Waals surface area contributed by atoms with E-state index >= 15 is 0 Å². The lowest BCUT2D eigenvalue weighted by Gasteiger charge is -2.27. The van der Waals surface area contributed by atoms with Crippen molar-refractivity contribution in [1.29, 1.82) is 5.26 Å². The second kappa shape index (κ2) is 5.36. The van der Waals surface area contributed by atoms with Gasteiger partial charge in [-0.05, 0) is 24.1 Å². The number of carbonyl (C=O) groups excluding carboxylic acids is 1. The summed E-state index contributed by atoms with van der Waals surface area (Å²) < 4.78 is 1.94. The predicted octanol–water partition coefficient (Wildman–Crippen LogP) is 1.58. The second-order valence-electron chi connectivity index (χ2n) is 5.82. The number of allylic oxidation sites excluding steroid dienone is 1. The zero-order chi connectivity index (χ0) is 15.8. The number of Topliss-reactive ketones (excluding diaryl/α,β-unsaturated/α-hetero) is 1. The Balaban J connectivity index is 1.74. The number of hydrogen-bond donors (Lipinski definition) is 0. The Morgan fingerprint density at radius 3 is 3.00 bits per heavy atom. The first-order valence-electron chi connectivity index (χ1n) is 7.64. The van der Waals surface area contributed by atoms with E-state index in [1.807, 2.05) is 29.1 Å². The molecule has 0 saturated carbocycles. The van der Waals surface area contributed by atoms with Crippen molar-refractivity contribution in [3.8, 4) is 6.07 Å². The molecular formula is C17H15N5O. The first kappa shape index (κ1) is 13.7. The van der Waals surface area contributed by atoms with Crippen LogP contribution >= 0.6 is 0 Å². The second-order valence-corrected chi connectivity index (χ2v) is 5.82. The van der Waals surface area contributed by atoms with Crippen LogP contribution in [0.5, 0.6) is 0 Å². The van der Waals surface area contributed by atoms with Gasteiger partial charge in [-0.15, -0.1) is 0 Å². The Kier molecular flexibility index (Phi) is 3.19. The van der Waals surface area contributed by atoms with Gasteiger partial charge in [0.25, 0.3) is 0 Å². The van der Waals surface area contributed by atoms with Gasteiger partial charge in [0, 0.05) is 38.1 Å². The van der Waals surface area contributed by atoms with Gasteiger partial charge < -0.3 is 4.90 Å². The van der Waals surface area contributed by atoms with Crippen LogP contribution in [0.15, 0.2) is 42.4 Å². The van der Waals surface area contributed by atoms with Gasteiger partial charge in [-0.3, -0.25) is 14.5 Å². The SMILES string of the molecule is N#CC1=C(N2CC[C@@H](n3cccn3)C2)c2ncccc2CC1=O. The fourth-order valence-corrected chi connectivity index (χ4v) is 3.39. The number of nitriles is 1. The van der Waals surface area contributed by atoms with Crippen molar-refractivity contribution in [3.05, 3.63) is 53.6 Å². The molecule has 1 aliphatic heterocycles. The van der Waals surface area contributed by atoms with Crippen LogP contribution in [0.2, 0.25) is 0 Å². The van der Waals surface area contributed by atoms with Crippen LogP contribution in [-0.2, 0) is 11.2 Å². The number of aromatic nitrogens is 3. The van der Waals surface area contributed by atoms with E-state index in [-0.39, 0.29) is 23.8 Å². The third kappa shape index (κ3) is 2.21. The van der Waals surface area contributed by atoms with E-state index in [1.165, 1.54) is 0 Å². The molecule has 0 amide bonds. The smallest absolute Gasteiger partial charge is 0.180 e. The van der Waals surface area contributed by atoms with Crippen LogP contribution < -0.4 is 0 Å². The van der Waals surface area contributed by atoms with Crippen molar-refractivity contribution in [2.24, 2.45) is 0 Å². The molecule has 6 nitrogen and oxygen atoms in total. The number of ketones is 1. The van der Waals surface area contributed by atoms with E-state index < -0.39 is 0 Å². The Labute approximate surface area is 133 Å². The van der Waals surface area contributed by atoms with Crippen molar-refractivity contribution in [2.75, 3.05) is 13.1 Å². The quantitative estimate of drug-likeness (QED) is 0.842. The van der Waals surface area contributed by atoms with Crippen LogP contribution in [0.1, 0.15) is 23.7 Å². The summed E-state index contributed by atoms with van der Waals surface area (Å²) in [6.45, 7) is 1.51. The molecule has 1 aliphatic carbocycles. The number of pyridine rings is 1. The van der Waals surface area contributed by atoms with Gasteiger partial charge in [-0.25, -0.2) is 0 Å². The molecule has 114 valence electrons. The highest BCUT2D eigenvalue weighted by atomic mass is 16.1. The third-order valence-corrected chi connectivity index (χ3v) is 4.47. The average molecular weight is 305 g/mol. The first-order chi connectivity index (χ1) is 11.3. The molecule has 2 aromatic rings. The van der Waals surface area contributed by atoms with Crippen molar-refractivity contribution >= 4 is 11.5 Å². The van der Waals surface area contributed by atoms with Crippen LogP contribution in [-0.4, -0.2) is 38.5 Å². The maximum Gasteiger partial charge on any atom is 0.180 e. The molecule has 2 aliphatic rings. The van der Waals surface area contributed by atoms with Crippen LogP contribution in [0.25, 0.3) is 5.70 Å². The summed E-state index contributed by atoms with van der Waals surface area (Å²) in [5.74, 6) is -0.120. The minimum Gasteiger partial charge on any atom is -0.366 e. The highest BCUT2D eigenvalue weighted by Crippen LogP contribution is 2.35. The van der Waals surface area contributed by atoms with Crippen LogP contribution in [0.4, 0.5) is 0 Å². The molecule has 2 aromatic heterocycles. The standard InChI is InChI=1S/C17H15N5O/c18-10-14-15(23)9-12-3-1-5-19-16(12)17(14)21-8-4-13(11-21)22-7-2-6-20-22/h1-3,5-7,13H,4,8-9,11H2/t13-/m1/s1. The van der Waals surface area contributed by atoms with E-state index in [9.17, 15) is 10.1 Å². The summed E-state index contributed by atoms with van der Waals surface area (Å²) in [5, 5.41) is 13.8. The van der Waals surface area contributed by atoms with E-state index in [0.717, 1.165) is 30.8 Å². The van der Waals surface area contributed by atoms with E-state index in [0.29, 0.717) is 5.70 Å². The number of fused-ring (bicyclic) bond motifs is 1. The summed E-state index contributed by atoms with van der Waals surface area (Å²) in [7, 11) is 0. The summed E-state index contributed by atoms with van der Waals surface area (Å²) in [6, 6.07) is 8.00. The Morgan fingerprint density at radius 2 is 2.22 bits per heavy atom. The van der Waals surface area contributed by atoms with Gasteiger partial charge in [0.05, 0.1) is 17.4 Å². The summed E-state index contributed by atoms with van der Waals surface area (Å²) >= 11 is 0. The van der Waals surface area contributed by atoms with E-state index in [4.69, 9.17) is 0 Å². The van der Waals surface area contributed by atoms with Crippen LogP contribution in [0, 0.1) is 11.3 Å². The highest BCUT2D eigenvalue weighted by molar-refractivity contribution is 6.09. The number of carbonyl (C=O) groups is 1. The summed E-state index contributed by atoms with van der Waals surface area (Å²) in [5.41, 5.74) is 2.59. The fraction of sp³-hybridized carbons (Fsp3) is 0.294. The molecule has 3 heterocycles. The molecule has 0 aromatic carbocycles. The third-order valence-electron chi connectivity index (χ3n) is 4.47. The van der Waals surface area contributed by atoms with Crippen molar-refractivity contribution < 1.29 is 4.79 Å². The Bertz CT molecular complexity index is 831. The molecule has 6 heteroatoms. The lowest BCUT2D eigenvalue weighted by atomic mass is 9.92. The molecule has 1 fully saturated rings. The lowest BCUT2D eigenvalue weighted by Crippen LogP contribution is -2.28. The molecule has 23 heavy (non-hydrogen) atoms. The maximum absolute atomic E-state index is 12.3. The zero-order valence-electron chi connectivity index (χ0n) is 12.5. The molecule has 0 spiro atoms. The number of likely N-dealkylation sites (tertiary alicyclic amines) is 1. The van der Waals surface area contributed by atoms with E-state index in [1.54, 1.807) is 12.4 Å². The van der Waals surface area contributed by atoms with Gasteiger partial charge in [0.2, 0.25) is 0 Å². The Hall–Kier alpha value is -2.94. The lowest BCUT2D eigenvalue weighted by molar-refractivity contribution is -0.114. The van der Waals surface area contributed by atoms with Crippen molar-refractivity contribution in [2.45, 2.75) is 18.9 Å². The molecule has 0 radical (unpaired) electrons. The van der Waals surface area contributed by atoms with Crippen molar-refractivity contribution in [3.63, 3.8) is 0 Å². The van der Waals surface area contributed by atoms with Gasteiger partial charge in [-0.2, -0.15) is 10.4 Å². The maximum atomic E-state index is 12.3. The topological polar surface area (TPSA) is 74.8 Å². The summed E-state index contributed by atoms with van der Waals surface area (Å²) in [6.07, 6.45) is 6.62. The molecule has 1 atom stereocenters. The van der Waals surface area contributed by atoms with Gasteiger partial charge >= 0.3 is 0 Å². The molecular weight excluding hydrogens is 290 g/mol. The van der Waals surface area contributed by atoms with Gasteiger partial charge in [0.15, 0.2) is 5.78 Å². The molecule has 1 saturated heterocycles. The fourth-order valence-electron chi connectivity index (χ4n) is 3.39. The van der Waals surface area contributed by atoms with Gasteiger partial charge in [-0.1, -0.05) is 6.07 Å². The summed E-state index contributed by atoms with van der Waals surface area (Å²) in [4.78, 5) is 18.9. The molecule has 4 rings (SSSR count). The van der Waals surface area contributed by atoms with Gasteiger partial charge in [0.1, 0.15) is 11.6 Å². The Morgan fingerprint density at radius 1 is 1.30 bits per heavy atom. The number of rotatable bonds is 2. The minimum atomic E-state index is -0.120. The highest BCUT2D eigenvalue weighted by Gasteiger charge is 2.34. The number of hydrogen-bond acceptors (Lipinski definition) is 5. The number of nitrogens with zero attached hydrogens (tertiary/aromatic N) is 5. The first-order valence-corrected chi connectivity index (χ1v) is 7.64. The largest absolute Gasteiger partial charge is 0.366 e. The predicted molar refractivity (Wildman–Crippen MR) is 82.9 cm³/mol. The normalized spacial score (nSPS) is 20.6.